The lowest BCUT2D eigenvalue weighted by Gasteiger charge is -2.22. The lowest BCUT2D eigenvalue weighted by Crippen LogP contribution is -2.12. The van der Waals surface area contributed by atoms with Gasteiger partial charge < -0.3 is 0 Å². The van der Waals surface area contributed by atoms with E-state index in [0.717, 1.165) is 25.7 Å². The van der Waals surface area contributed by atoms with Crippen molar-refractivity contribution >= 4 is 31.5 Å². The van der Waals surface area contributed by atoms with Crippen LogP contribution in [0.1, 0.15) is 36.0 Å². The standard InChI is InChI=1S/C17H18S/c1-11-13(17(2,3)4)9-10-15-16(11)12-7-5-6-8-14(12)18-15/h5-10H,1-4H3/i1D3. The molecule has 0 fully saturated rings. The molecule has 0 N–H and O–H groups in total. The number of aryl methyl sites for hydroxylation is 1. The van der Waals surface area contributed by atoms with Crippen molar-refractivity contribution in [3.05, 3.63) is 47.5 Å². The molecule has 0 radical (unpaired) electrons. The summed E-state index contributed by atoms with van der Waals surface area (Å²) < 4.78 is 26.3. The maximum absolute atomic E-state index is 8.03. The minimum absolute atomic E-state index is 0.193. The second-order valence-electron chi connectivity index (χ2n) is 5.71. The molecule has 2 aromatic carbocycles. The van der Waals surface area contributed by atoms with Crippen LogP contribution in [0.15, 0.2) is 36.4 Å². The van der Waals surface area contributed by atoms with E-state index in [0.29, 0.717) is 5.56 Å². The highest BCUT2D eigenvalue weighted by Gasteiger charge is 2.19. The van der Waals surface area contributed by atoms with Crippen LogP contribution in [0.2, 0.25) is 0 Å². The largest absolute Gasteiger partial charge is 0.135 e. The Morgan fingerprint density at radius 3 is 2.50 bits per heavy atom. The molecule has 3 aromatic rings. The molecule has 0 aliphatic carbocycles. The second-order valence-corrected chi connectivity index (χ2v) is 6.79. The van der Waals surface area contributed by atoms with E-state index in [2.05, 4.69) is 32.9 Å². The maximum atomic E-state index is 8.03. The Hall–Kier alpha value is -1.34. The quantitative estimate of drug-likeness (QED) is 0.487. The summed E-state index contributed by atoms with van der Waals surface area (Å²) in [5, 5.41) is 1.96. The van der Waals surface area contributed by atoms with Crippen molar-refractivity contribution in [2.24, 2.45) is 0 Å². The van der Waals surface area contributed by atoms with Crippen LogP contribution < -0.4 is 0 Å². The molecule has 0 atom stereocenters. The topological polar surface area (TPSA) is 0 Å². The number of fused-ring (bicyclic) bond motifs is 3. The van der Waals surface area contributed by atoms with Gasteiger partial charge in [0.05, 0.1) is 0 Å². The van der Waals surface area contributed by atoms with Gasteiger partial charge in [-0.15, -0.1) is 11.3 Å². The lowest BCUT2D eigenvalue weighted by molar-refractivity contribution is 0.587. The second kappa shape index (κ2) is 3.83. The number of thiophene rings is 1. The van der Waals surface area contributed by atoms with Crippen molar-refractivity contribution in [1.29, 1.82) is 0 Å². The number of hydrogen-bond donors (Lipinski definition) is 0. The smallest absolute Gasteiger partial charge is 0.0358 e. The van der Waals surface area contributed by atoms with Crippen LogP contribution in [0, 0.1) is 6.85 Å². The maximum Gasteiger partial charge on any atom is 0.0358 e. The van der Waals surface area contributed by atoms with Gasteiger partial charge in [0.15, 0.2) is 0 Å². The summed E-state index contributed by atoms with van der Waals surface area (Å²) in [6.07, 6.45) is 0. The third-order valence-corrected chi connectivity index (χ3v) is 4.49. The summed E-state index contributed by atoms with van der Waals surface area (Å²) in [5.41, 5.74) is 1.24. The van der Waals surface area contributed by atoms with Crippen molar-refractivity contribution in [3.8, 4) is 0 Å². The van der Waals surface area contributed by atoms with Gasteiger partial charge in [0.25, 0.3) is 0 Å². The Labute approximate surface area is 116 Å². The third kappa shape index (κ3) is 1.65. The number of benzene rings is 2. The monoisotopic (exact) mass is 257 g/mol. The predicted molar refractivity (Wildman–Crippen MR) is 82.8 cm³/mol. The highest BCUT2D eigenvalue weighted by atomic mass is 32.1. The molecule has 0 amide bonds. The van der Waals surface area contributed by atoms with Crippen LogP contribution in [0.5, 0.6) is 0 Å². The molecule has 92 valence electrons. The molecule has 3 rings (SSSR count). The van der Waals surface area contributed by atoms with Crippen molar-refractivity contribution in [3.63, 3.8) is 0 Å². The van der Waals surface area contributed by atoms with Crippen LogP contribution in [-0.4, -0.2) is 0 Å². The molecule has 0 saturated carbocycles. The lowest BCUT2D eigenvalue weighted by atomic mass is 9.83. The molecule has 18 heavy (non-hydrogen) atoms. The van der Waals surface area contributed by atoms with E-state index in [9.17, 15) is 0 Å². The Bertz CT molecular complexity index is 820. The minimum atomic E-state index is -2.11. The van der Waals surface area contributed by atoms with Crippen molar-refractivity contribution in [2.75, 3.05) is 0 Å². The zero-order chi connectivity index (χ0) is 15.4. The number of hydrogen-bond acceptors (Lipinski definition) is 1. The normalized spacial score (nSPS) is 15.6. The van der Waals surface area contributed by atoms with E-state index in [-0.39, 0.29) is 5.41 Å². The van der Waals surface area contributed by atoms with Crippen LogP contribution in [0.25, 0.3) is 20.2 Å². The van der Waals surface area contributed by atoms with Crippen molar-refractivity contribution in [1.82, 2.24) is 0 Å². The molecule has 1 heteroatoms. The van der Waals surface area contributed by atoms with E-state index in [1.165, 1.54) is 0 Å². The van der Waals surface area contributed by atoms with Gasteiger partial charge in [-0.05, 0) is 35.5 Å². The van der Waals surface area contributed by atoms with Crippen LogP contribution in [-0.2, 0) is 5.41 Å². The predicted octanol–water partition coefficient (Wildman–Crippen LogP) is 5.66. The zero-order valence-corrected chi connectivity index (χ0v) is 11.7. The average molecular weight is 257 g/mol. The first kappa shape index (κ1) is 8.71. The highest BCUT2D eigenvalue weighted by Crippen LogP contribution is 2.39. The molecule has 0 saturated heterocycles. The fourth-order valence-electron chi connectivity index (χ4n) is 2.44. The molecule has 0 nitrogen and oxygen atoms in total. The van der Waals surface area contributed by atoms with E-state index in [1.54, 1.807) is 11.3 Å². The molecule has 0 unspecified atom stereocenters. The van der Waals surface area contributed by atoms with Gasteiger partial charge >= 0.3 is 0 Å². The molecule has 0 bridgehead atoms. The van der Waals surface area contributed by atoms with E-state index >= 15 is 0 Å². The van der Waals surface area contributed by atoms with Gasteiger partial charge in [-0.2, -0.15) is 0 Å². The molecule has 0 spiro atoms. The van der Waals surface area contributed by atoms with Gasteiger partial charge in [-0.25, -0.2) is 0 Å². The Morgan fingerprint density at radius 1 is 1.00 bits per heavy atom. The van der Waals surface area contributed by atoms with Gasteiger partial charge in [0, 0.05) is 24.3 Å². The summed E-state index contributed by atoms with van der Waals surface area (Å²) >= 11 is 1.66. The van der Waals surface area contributed by atoms with Gasteiger partial charge in [-0.1, -0.05) is 45.0 Å². The highest BCUT2D eigenvalue weighted by molar-refractivity contribution is 7.25. The molecular weight excluding hydrogens is 236 g/mol. The molecular formula is C17H18S. The summed E-state index contributed by atoms with van der Waals surface area (Å²) in [6, 6.07) is 12.1. The van der Waals surface area contributed by atoms with Crippen molar-refractivity contribution in [2.45, 2.75) is 33.0 Å². The van der Waals surface area contributed by atoms with E-state index in [4.69, 9.17) is 4.11 Å². The van der Waals surface area contributed by atoms with E-state index < -0.39 is 6.85 Å². The molecule has 1 heterocycles. The summed E-state index contributed by atoms with van der Waals surface area (Å²) in [4.78, 5) is 0. The van der Waals surface area contributed by atoms with Gasteiger partial charge in [0.2, 0.25) is 0 Å². The first-order valence-corrected chi connectivity index (χ1v) is 6.96. The molecule has 0 aliphatic rings. The van der Waals surface area contributed by atoms with E-state index in [1.807, 2.05) is 24.3 Å². The van der Waals surface area contributed by atoms with Crippen LogP contribution >= 0.6 is 11.3 Å². The first-order chi connectivity index (χ1) is 9.69. The van der Waals surface area contributed by atoms with Crippen LogP contribution in [0.4, 0.5) is 0 Å². The summed E-state index contributed by atoms with van der Waals surface area (Å²) in [6.45, 7) is 4.10. The zero-order valence-electron chi connectivity index (χ0n) is 13.9. The van der Waals surface area contributed by atoms with Gasteiger partial charge in [0.1, 0.15) is 0 Å². The summed E-state index contributed by atoms with van der Waals surface area (Å²) in [5.74, 6) is 0. The fraction of sp³-hybridized carbons (Fsp3) is 0.294. The average Bonchev–Trinajstić information content (AvgIpc) is 2.73. The number of rotatable bonds is 0. The van der Waals surface area contributed by atoms with Crippen molar-refractivity contribution < 1.29 is 4.11 Å². The van der Waals surface area contributed by atoms with Gasteiger partial charge in [-0.3, -0.25) is 0 Å². The third-order valence-electron chi connectivity index (χ3n) is 3.35. The Morgan fingerprint density at radius 2 is 1.78 bits per heavy atom. The van der Waals surface area contributed by atoms with Crippen LogP contribution in [0.3, 0.4) is 0 Å². The Balaban J connectivity index is 2.55. The molecule has 0 aliphatic heterocycles. The first-order valence-electron chi connectivity index (χ1n) is 7.65. The molecule has 1 aromatic heterocycles. The Kier molecular flexibility index (Phi) is 1.85. The SMILES string of the molecule is [2H]C([2H])([2H])c1c(C(C)(C)C)ccc2sc3ccccc3c12. The minimum Gasteiger partial charge on any atom is -0.135 e. The summed E-state index contributed by atoms with van der Waals surface area (Å²) in [7, 11) is 0. The fourth-order valence-corrected chi connectivity index (χ4v) is 3.56.